The maximum atomic E-state index is 13.8. The van der Waals surface area contributed by atoms with Crippen molar-refractivity contribution >= 4 is 23.8 Å². The summed E-state index contributed by atoms with van der Waals surface area (Å²) in [6.45, 7) is 26.1. The average molecular weight is 712 g/mol. The van der Waals surface area contributed by atoms with Crippen molar-refractivity contribution < 1.29 is 34.1 Å². The SMILES string of the molecule is C=C(C)[C@@H]1CC[C@]2(CC(=O)NC(CC(C)C)C(=O)O)CC[C@]3(C)[C@H](CC[C@@H]4[C@@]5(C)CC[C@H](OC(=O)CC(C)(C)C(=O)O)C(C)(C)[C@@H]5CC[C@]43C)[C@@H]12. The van der Waals surface area contributed by atoms with Gasteiger partial charge in [0.2, 0.25) is 5.91 Å². The number of carbonyl (C=O) groups is 4. The van der Waals surface area contributed by atoms with Gasteiger partial charge in [0.05, 0.1) is 11.8 Å². The van der Waals surface area contributed by atoms with E-state index in [0.29, 0.717) is 42.4 Å². The van der Waals surface area contributed by atoms with Gasteiger partial charge < -0.3 is 20.3 Å². The third kappa shape index (κ3) is 6.59. The molecule has 11 atom stereocenters. The molecular formula is C43H69NO7. The molecule has 0 spiro atoms. The molecular weight excluding hydrogens is 642 g/mol. The quantitative estimate of drug-likeness (QED) is 0.144. The largest absolute Gasteiger partial charge is 0.481 e. The van der Waals surface area contributed by atoms with Gasteiger partial charge in [-0.15, -0.1) is 0 Å². The fraction of sp³-hybridized carbons (Fsp3) is 0.860. The summed E-state index contributed by atoms with van der Waals surface area (Å²) in [5.74, 6) is -0.192. The molecule has 5 rings (SSSR count). The van der Waals surface area contributed by atoms with Crippen LogP contribution in [0, 0.1) is 68.0 Å². The molecule has 3 N–H and O–H groups in total. The van der Waals surface area contributed by atoms with E-state index in [1.165, 1.54) is 5.57 Å². The fourth-order valence-corrected chi connectivity index (χ4v) is 13.7. The fourth-order valence-electron chi connectivity index (χ4n) is 13.7. The van der Waals surface area contributed by atoms with Gasteiger partial charge in [-0.1, -0.05) is 60.6 Å². The first kappa shape index (κ1) is 39.8. The van der Waals surface area contributed by atoms with Crippen molar-refractivity contribution in [3.8, 4) is 0 Å². The lowest BCUT2D eigenvalue weighted by Crippen LogP contribution is -2.67. The zero-order valence-electron chi connectivity index (χ0n) is 33.5. The first-order valence-corrected chi connectivity index (χ1v) is 20.1. The van der Waals surface area contributed by atoms with Gasteiger partial charge in [-0.05, 0) is 149 Å². The molecule has 0 aromatic heterocycles. The van der Waals surface area contributed by atoms with E-state index in [2.05, 4.69) is 53.4 Å². The van der Waals surface area contributed by atoms with Crippen molar-refractivity contribution in [2.75, 3.05) is 0 Å². The molecule has 0 bridgehead atoms. The van der Waals surface area contributed by atoms with E-state index >= 15 is 0 Å². The number of fused-ring (bicyclic) bond motifs is 7. The minimum Gasteiger partial charge on any atom is -0.481 e. The topological polar surface area (TPSA) is 130 Å². The number of aliphatic carboxylic acids is 2. The van der Waals surface area contributed by atoms with Crippen molar-refractivity contribution in [3.05, 3.63) is 12.2 Å². The van der Waals surface area contributed by atoms with E-state index in [1.807, 2.05) is 13.8 Å². The minimum absolute atomic E-state index is 0.0911. The molecule has 5 saturated carbocycles. The first-order valence-electron chi connectivity index (χ1n) is 20.1. The van der Waals surface area contributed by atoms with Crippen LogP contribution in [-0.4, -0.2) is 46.2 Å². The highest BCUT2D eigenvalue weighted by Gasteiger charge is 2.71. The van der Waals surface area contributed by atoms with E-state index in [9.17, 15) is 29.4 Å². The van der Waals surface area contributed by atoms with Gasteiger partial charge in [-0.25, -0.2) is 4.79 Å². The predicted octanol–water partition coefficient (Wildman–Crippen LogP) is 9.06. The normalized spacial score (nSPS) is 40.5. The summed E-state index contributed by atoms with van der Waals surface area (Å²) in [6.07, 6.45) is 10.8. The Morgan fingerprint density at radius 2 is 1.53 bits per heavy atom. The highest BCUT2D eigenvalue weighted by atomic mass is 16.5. The molecule has 5 aliphatic carbocycles. The van der Waals surface area contributed by atoms with Gasteiger partial charge in [-0.3, -0.25) is 14.4 Å². The summed E-state index contributed by atoms with van der Waals surface area (Å²) in [7, 11) is 0. The molecule has 0 saturated heterocycles. The number of carboxylic acids is 2. The van der Waals surface area contributed by atoms with Gasteiger partial charge in [0.25, 0.3) is 0 Å². The molecule has 5 fully saturated rings. The number of rotatable bonds is 11. The van der Waals surface area contributed by atoms with Gasteiger partial charge in [-0.2, -0.15) is 0 Å². The Labute approximate surface area is 307 Å². The molecule has 288 valence electrons. The van der Waals surface area contributed by atoms with Crippen LogP contribution in [-0.2, 0) is 23.9 Å². The number of esters is 1. The van der Waals surface area contributed by atoms with Crippen molar-refractivity contribution in [1.29, 1.82) is 0 Å². The summed E-state index contributed by atoms with van der Waals surface area (Å²) < 4.78 is 6.16. The second-order valence-electron chi connectivity index (χ2n) is 20.5. The Kier molecular flexibility index (Phi) is 10.5. The summed E-state index contributed by atoms with van der Waals surface area (Å²) in [5.41, 5.74) is 0.00112. The van der Waals surface area contributed by atoms with Crippen LogP contribution in [0.4, 0.5) is 0 Å². The van der Waals surface area contributed by atoms with E-state index in [1.54, 1.807) is 13.8 Å². The minimum atomic E-state index is -1.16. The van der Waals surface area contributed by atoms with E-state index in [-0.39, 0.29) is 51.4 Å². The molecule has 0 aromatic rings. The summed E-state index contributed by atoms with van der Waals surface area (Å²) in [5, 5.41) is 22.4. The highest BCUT2D eigenvalue weighted by Crippen LogP contribution is 2.78. The molecule has 0 heterocycles. The number of amides is 1. The van der Waals surface area contributed by atoms with E-state index in [0.717, 1.165) is 64.2 Å². The van der Waals surface area contributed by atoms with Crippen molar-refractivity contribution in [2.24, 2.45) is 68.0 Å². The summed E-state index contributed by atoms with van der Waals surface area (Å²) in [6, 6.07) is -0.857. The van der Waals surface area contributed by atoms with Crippen LogP contribution >= 0.6 is 0 Å². The maximum Gasteiger partial charge on any atom is 0.326 e. The number of hydrogen-bond acceptors (Lipinski definition) is 5. The van der Waals surface area contributed by atoms with Gasteiger partial charge >= 0.3 is 17.9 Å². The Balaban J connectivity index is 1.39. The van der Waals surface area contributed by atoms with Crippen LogP contribution in [0.1, 0.15) is 153 Å². The zero-order valence-corrected chi connectivity index (χ0v) is 33.5. The molecule has 0 radical (unpaired) electrons. The monoisotopic (exact) mass is 712 g/mol. The highest BCUT2D eigenvalue weighted by molar-refractivity contribution is 5.84. The van der Waals surface area contributed by atoms with Gasteiger partial charge in [0.1, 0.15) is 12.1 Å². The van der Waals surface area contributed by atoms with E-state index in [4.69, 9.17) is 4.74 Å². The van der Waals surface area contributed by atoms with Crippen molar-refractivity contribution in [2.45, 2.75) is 165 Å². The van der Waals surface area contributed by atoms with E-state index < -0.39 is 29.4 Å². The third-order valence-corrected chi connectivity index (χ3v) is 16.5. The lowest BCUT2D eigenvalue weighted by Gasteiger charge is -2.73. The Morgan fingerprint density at radius 3 is 2.12 bits per heavy atom. The average Bonchev–Trinajstić information content (AvgIpc) is 3.37. The number of carboxylic acid groups (broad SMARTS) is 2. The number of hydrogen-bond donors (Lipinski definition) is 3. The molecule has 1 unspecified atom stereocenters. The first-order chi connectivity index (χ1) is 23.4. The number of nitrogens with one attached hydrogen (secondary N) is 1. The zero-order chi connectivity index (χ0) is 38.1. The lowest BCUT2D eigenvalue weighted by molar-refractivity contribution is -0.250. The van der Waals surface area contributed by atoms with Crippen molar-refractivity contribution in [3.63, 3.8) is 0 Å². The molecule has 8 heteroatoms. The Hall–Kier alpha value is -2.38. The molecule has 5 aliphatic rings. The smallest absolute Gasteiger partial charge is 0.326 e. The van der Waals surface area contributed by atoms with Crippen LogP contribution in [0.15, 0.2) is 12.2 Å². The molecule has 0 aliphatic heterocycles. The number of allylic oxidation sites excluding steroid dienone is 1. The Bertz CT molecular complexity index is 1420. The number of carbonyl (C=O) groups excluding carboxylic acids is 2. The van der Waals surface area contributed by atoms with Gasteiger partial charge in [0, 0.05) is 11.8 Å². The summed E-state index contributed by atoms with van der Waals surface area (Å²) >= 11 is 0. The van der Waals surface area contributed by atoms with Crippen LogP contribution in [0.5, 0.6) is 0 Å². The van der Waals surface area contributed by atoms with Crippen LogP contribution in [0.2, 0.25) is 0 Å². The van der Waals surface area contributed by atoms with Crippen LogP contribution in [0.25, 0.3) is 0 Å². The van der Waals surface area contributed by atoms with Crippen LogP contribution < -0.4 is 5.32 Å². The third-order valence-electron chi connectivity index (χ3n) is 16.5. The molecule has 8 nitrogen and oxygen atoms in total. The second kappa shape index (κ2) is 13.5. The molecule has 51 heavy (non-hydrogen) atoms. The predicted molar refractivity (Wildman–Crippen MR) is 199 cm³/mol. The number of ether oxygens (including phenoxy) is 1. The molecule has 1 amide bonds. The Morgan fingerprint density at radius 1 is 0.863 bits per heavy atom. The second-order valence-corrected chi connectivity index (χ2v) is 20.5. The van der Waals surface area contributed by atoms with Gasteiger partial charge in [0.15, 0.2) is 0 Å². The standard InChI is InChI=1S/C43H69NO7/c1-25(2)22-29(36(47)48)44-33(45)23-43-19-14-27(26(3)4)35(43)28-12-13-31-40(9)17-16-32(51-34(46)24-38(5,6)37(49)50)39(7,8)30(40)15-18-42(31,11)41(28,10)20-21-43/h25,27-32,35H,3,12-24H2,1-2,4-11H3,(H,44,45)(H,47,48)(H,49,50)/t27-,28+,29?,30-,31+,32-,35+,40-,41+,42+,43+/m0/s1. The lowest BCUT2D eigenvalue weighted by atomic mass is 9.32. The molecule has 0 aromatic carbocycles. The van der Waals surface area contributed by atoms with Crippen molar-refractivity contribution in [1.82, 2.24) is 5.32 Å². The summed E-state index contributed by atoms with van der Waals surface area (Å²) in [4.78, 5) is 50.6. The van der Waals surface area contributed by atoms with Crippen LogP contribution in [0.3, 0.4) is 0 Å². The maximum absolute atomic E-state index is 13.8.